The van der Waals surface area contributed by atoms with Crippen LogP contribution in [-0.2, 0) is 0 Å². The second kappa shape index (κ2) is 2.88. The Hall–Kier alpha value is -0.730. The van der Waals surface area contributed by atoms with Crippen molar-refractivity contribution in [3.05, 3.63) is 0 Å². The molecule has 0 aromatic carbocycles. The SMILES string of the molecule is CC(C)(C)N=C(N)N1CCC2(CC2)C1. The largest absolute Gasteiger partial charge is 0.370 e. The van der Waals surface area contributed by atoms with Crippen LogP contribution in [0.4, 0.5) is 0 Å². The zero-order valence-corrected chi connectivity index (χ0v) is 9.51. The first kappa shape index (κ1) is 9.81. The summed E-state index contributed by atoms with van der Waals surface area (Å²) in [5, 5.41) is 0. The van der Waals surface area contributed by atoms with E-state index >= 15 is 0 Å². The van der Waals surface area contributed by atoms with Crippen molar-refractivity contribution >= 4 is 5.96 Å². The molecule has 0 amide bonds. The van der Waals surface area contributed by atoms with Gasteiger partial charge in [0.1, 0.15) is 0 Å². The van der Waals surface area contributed by atoms with Crippen molar-refractivity contribution in [3.8, 4) is 0 Å². The summed E-state index contributed by atoms with van der Waals surface area (Å²) < 4.78 is 0. The minimum Gasteiger partial charge on any atom is -0.370 e. The lowest BCUT2D eigenvalue weighted by atomic mass is 10.1. The fraction of sp³-hybridized carbons (Fsp3) is 0.909. The van der Waals surface area contributed by atoms with Crippen LogP contribution in [0.25, 0.3) is 0 Å². The minimum absolute atomic E-state index is 0.0522. The Morgan fingerprint density at radius 3 is 2.36 bits per heavy atom. The molecule has 14 heavy (non-hydrogen) atoms. The van der Waals surface area contributed by atoms with Crippen LogP contribution in [0.1, 0.15) is 40.0 Å². The smallest absolute Gasteiger partial charge is 0.191 e. The van der Waals surface area contributed by atoms with E-state index in [0.717, 1.165) is 19.0 Å². The molecular weight excluding hydrogens is 174 g/mol. The number of nitrogens with zero attached hydrogens (tertiary/aromatic N) is 2. The summed E-state index contributed by atoms with van der Waals surface area (Å²) in [7, 11) is 0. The summed E-state index contributed by atoms with van der Waals surface area (Å²) in [4.78, 5) is 6.75. The lowest BCUT2D eigenvalue weighted by Gasteiger charge is -2.21. The molecule has 1 saturated heterocycles. The average molecular weight is 195 g/mol. The van der Waals surface area contributed by atoms with Crippen molar-refractivity contribution in [1.82, 2.24) is 4.90 Å². The zero-order chi connectivity index (χ0) is 10.4. The van der Waals surface area contributed by atoms with E-state index in [1.165, 1.54) is 19.3 Å². The van der Waals surface area contributed by atoms with Gasteiger partial charge in [-0.1, -0.05) is 0 Å². The summed E-state index contributed by atoms with van der Waals surface area (Å²) in [6.45, 7) is 8.50. The van der Waals surface area contributed by atoms with E-state index in [-0.39, 0.29) is 5.54 Å². The molecule has 0 radical (unpaired) electrons. The van der Waals surface area contributed by atoms with Gasteiger partial charge in [0.25, 0.3) is 0 Å². The second-order valence-electron chi connectivity index (χ2n) is 5.81. The molecule has 0 bridgehead atoms. The third kappa shape index (κ3) is 2.02. The van der Waals surface area contributed by atoms with Crippen LogP contribution in [0.2, 0.25) is 0 Å². The van der Waals surface area contributed by atoms with Crippen LogP contribution in [0, 0.1) is 5.41 Å². The summed E-state index contributed by atoms with van der Waals surface area (Å²) in [6, 6.07) is 0. The maximum Gasteiger partial charge on any atom is 0.191 e. The molecule has 1 heterocycles. The highest BCUT2D eigenvalue weighted by Gasteiger charge is 2.48. The van der Waals surface area contributed by atoms with Crippen LogP contribution >= 0.6 is 0 Å². The molecular formula is C11H21N3. The molecule has 2 aliphatic rings. The molecule has 0 aromatic rings. The van der Waals surface area contributed by atoms with E-state index < -0.39 is 0 Å². The number of rotatable bonds is 0. The van der Waals surface area contributed by atoms with Gasteiger partial charge in [-0.05, 0) is 45.4 Å². The molecule has 0 aromatic heterocycles. The Kier molecular flexibility index (Phi) is 2.02. The van der Waals surface area contributed by atoms with E-state index in [2.05, 4.69) is 30.7 Å². The van der Waals surface area contributed by atoms with E-state index in [9.17, 15) is 0 Å². The van der Waals surface area contributed by atoms with Gasteiger partial charge in [0.15, 0.2) is 5.96 Å². The standard InChI is InChI=1S/C11H21N3/c1-10(2,3)13-9(12)14-7-6-11(8-14)4-5-11/h4-8H2,1-3H3,(H2,12,13). The lowest BCUT2D eigenvalue weighted by molar-refractivity contribution is 0.453. The molecule has 0 atom stereocenters. The number of aliphatic imine (C=N–C) groups is 1. The first-order valence-corrected chi connectivity index (χ1v) is 5.51. The Morgan fingerprint density at radius 2 is 1.93 bits per heavy atom. The van der Waals surface area contributed by atoms with Crippen molar-refractivity contribution in [2.75, 3.05) is 13.1 Å². The van der Waals surface area contributed by atoms with Gasteiger partial charge in [0.05, 0.1) is 5.54 Å². The molecule has 3 nitrogen and oxygen atoms in total. The molecule has 2 fully saturated rings. The third-order valence-electron chi connectivity index (χ3n) is 3.17. The van der Waals surface area contributed by atoms with Gasteiger partial charge in [0.2, 0.25) is 0 Å². The molecule has 80 valence electrons. The predicted molar refractivity (Wildman–Crippen MR) is 59.2 cm³/mol. The molecule has 2 rings (SSSR count). The number of nitrogens with two attached hydrogens (primary N) is 1. The number of hydrogen-bond donors (Lipinski definition) is 1. The van der Waals surface area contributed by atoms with Gasteiger partial charge in [-0.15, -0.1) is 0 Å². The Labute approximate surface area is 86.4 Å². The van der Waals surface area contributed by atoms with Gasteiger partial charge in [-0.2, -0.15) is 0 Å². The first-order chi connectivity index (χ1) is 6.40. The molecule has 1 spiro atoms. The monoisotopic (exact) mass is 195 g/mol. The Bertz CT molecular complexity index is 258. The van der Waals surface area contributed by atoms with Crippen molar-refractivity contribution in [3.63, 3.8) is 0 Å². The highest BCUT2D eigenvalue weighted by atomic mass is 15.3. The maximum absolute atomic E-state index is 5.99. The van der Waals surface area contributed by atoms with Gasteiger partial charge in [-0.3, -0.25) is 0 Å². The van der Waals surface area contributed by atoms with Gasteiger partial charge in [0, 0.05) is 13.1 Å². The van der Waals surface area contributed by atoms with Crippen molar-refractivity contribution < 1.29 is 0 Å². The van der Waals surface area contributed by atoms with Crippen molar-refractivity contribution in [1.29, 1.82) is 0 Å². The molecule has 0 unspecified atom stereocenters. The highest BCUT2D eigenvalue weighted by Crippen LogP contribution is 2.52. The molecule has 1 aliphatic carbocycles. The van der Waals surface area contributed by atoms with Crippen molar-refractivity contribution in [2.45, 2.75) is 45.6 Å². The summed E-state index contributed by atoms with van der Waals surface area (Å²) in [6.07, 6.45) is 4.10. The minimum atomic E-state index is -0.0522. The fourth-order valence-electron chi connectivity index (χ4n) is 2.13. The zero-order valence-electron chi connectivity index (χ0n) is 9.51. The van der Waals surface area contributed by atoms with E-state index in [0.29, 0.717) is 5.41 Å². The predicted octanol–water partition coefficient (Wildman–Crippen LogP) is 1.59. The lowest BCUT2D eigenvalue weighted by Crippen LogP contribution is -2.37. The van der Waals surface area contributed by atoms with Crippen LogP contribution in [0.15, 0.2) is 4.99 Å². The van der Waals surface area contributed by atoms with E-state index in [1.807, 2.05) is 0 Å². The number of likely N-dealkylation sites (tertiary alicyclic amines) is 1. The quantitative estimate of drug-likeness (QED) is 0.471. The van der Waals surface area contributed by atoms with E-state index in [4.69, 9.17) is 5.73 Å². The second-order valence-corrected chi connectivity index (χ2v) is 5.81. The topological polar surface area (TPSA) is 41.6 Å². The fourth-order valence-corrected chi connectivity index (χ4v) is 2.13. The normalized spacial score (nSPS) is 25.9. The summed E-state index contributed by atoms with van der Waals surface area (Å²) >= 11 is 0. The van der Waals surface area contributed by atoms with Gasteiger partial charge in [-0.25, -0.2) is 4.99 Å². The number of guanidine groups is 1. The van der Waals surface area contributed by atoms with Crippen LogP contribution in [0.5, 0.6) is 0 Å². The van der Waals surface area contributed by atoms with Crippen LogP contribution in [-0.4, -0.2) is 29.5 Å². The third-order valence-corrected chi connectivity index (χ3v) is 3.17. The summed E-state index contributed by atoms with van der Waals surface area (Å²) in [5.41, 5.74) is 6.57. The summed E-state index contributed by atoms with van der Waals surface area (Å²) in [5.74, 6) is 0.737. The molecule has 1 saturated carbocycles. The van der Waals surface area contributed by atoms with Gasteiger partial charge >= 0.3 is 0 Å². The maximum atomic E-state index is 5.99. The van der Waals surface area contributed by atoms with Crippen LogP contribution < -0.4 is 5.73 Å². The first-order valence-electron chi connectivity index (χ1n) is 5.51. The Balaban J connectivity index is 1.99. The Morgan fingerprint density at radius 1 is 1.29 bits per heavy atom. The van der Waals surface area contributed by atoms with Crippen LogP contribution in [0.3, 0.4) is 0 Å². The molecule has 3 heteroatoms. The van der Waals surface area contributed by atoms with Crippen molar-refractivity contribution in [2.24, 2.45) is 16.1 Å². The number of hydrogen-bond acceptors (Lipinski definition) is 1. The highest BCUT2D eigenvalue weighted by molar-refractivity contribution is 5.79. The van der Waals surface area contributed by atoms with E-state index in [1.54, 1.807) is 0 Å². The molecule has 1 aliphatic heterocycles. The molecule has 2 N–H and O–H groups in total. The average Bonchev–Trinajstić information content (AvgIpc) is 2.57. The van der Waals surface area contributed by atoms with Gasteiger partial charge < -0.3 is 10.6 Å².